The topological polar surface area (TPSA) is 81.4 Å². The molecule has 0 bridgehead atoms. The summed E-state index contributed by atoms with van der Waals surface area (Å²) in [7, 11) is 0. The molecule has 1 amide bonds. The van der Waals surface area contributed by atoms with E-state index in [1.54, 1.807) is 0 Å². The van der Waals surface area contributed by atoms with Gasteiger partial charge in [-0.2, -0.15) is 13.2 Å². The number of aromatic nitrogens is 3. The third-order valence-corrected chi connectivity index (χ3v) is 3.06. The predicted octanol–water partition coefficient (Wildman–Crippen LogP) is 3.03. The van der Waals surface area contributed by atoms with E-state index in [1.165, 1.54) is 29.5 Å². The minimum atomic E-state index is -4.45. The average molecular weight is 355 g/mol. The highest BCUT2D eigenvalue weighted by atomic mass is 19.4. The van der Waals surface area contributed by atoms with Crippen molar-refractivity contribution >= 4 is 11.9 Å². The summed E-state index contributed by atoms with van der Waals surface area (Å²) in [5.74, 6) is 0.00928. The summed E-state index contributed by atoms with van der Waals surface area (Å²) in [5, 5.41) is 13.6. The number of carbonyl (C=O) groups excluding carboxylic acids is 1. The highest BCUT2D eigenvalue weighted by Gasteiger charge is 2.30. The van der Waals surface area contributed by atoms with Gasteiger partial charge in [0.25, 0.3) is 0 Å². The SMILES string of the molecule is CCCCOC(=O)NC(=Nn1cnnc1)c1ccc(C(F)(F)F)cc1. The van der Waals surface area contributed by atoms with E-state index < -0.39 is 17.8 Å². The number of nitrogens with zero attached hydrogens (tertiary/aromatic N) is 4. The van der Waals surface area contributed by atoms with Gasteiger partial charge >= 0.3 is 12.3 Å². The smallest absolute Gasteiger partial charge is 0.416 e. The van der Waals surface area contributed by atoms with Crippen LogP contribution in [0.5, 0.6) is 0 Å². The first-order chi connectivity index (χ1) is 11.9. The van der Waals surface area contributed by atoms with Crippen LogP contribution in [-0.4, -0.2) is 33.4 Å². The number of halogens is 3. The Morgan fingerprint density at radius 1 is 1.24 bits per heavy atom. The van der Waals surface area contributed by atoms with E-state index in [4.69, 9.17) is 4.74 Å². The molecule has 10 heteroatoms. The number of amidine groups is 1. The Balaban J connectivity index is 2.21. The number of ether oxygens (including phenoxy) is 1. The lowest BCUT2D eigenvalue weighted by Gasteiger charge is -2.11. The molecule has 134 valence electrons. The minimum absolute atomic E-state index is 0.00928. The van der Waals surface area contributed by atoms with Crippen molar-refractivity contribution < 1.29 is 22.7 Å². The summed E-state index contributed by atoms with van der Waals surface area (Å²) >= 11 is 0. The van der Waals surface area contributed by atoms with Crippen LogP contribution in [0.3, 0.4) is 0 Å². The van der Waals surface area contributed by atoms with Gasteiger partial charge in [0.05, 0.1) is 12.2 Å². The summed E-state index contributed by atoms with van der Waals surface area (Å²) in [6.07, 6.45) is -1.10. The fourth-order valence-electron chi connectivity index (χ4n) is 1.78. The molecule has 0 atom stereocenters. The molecule has 1 N–H and O–H groups in total. The van der Waals surface area contributed by atoms with Crippen molar-refractivity contribution in [3.05, 3.63) is 48.0 Å². The van der Waals surface area contributed by atoms with Crippen molar-refractivity contribution in [1.29, 1.82) is 0 Å². The van der Waals surface area contributed by atoms with Crippen molar-refractivity contribution in [3.63, 3.8) is 0 Å². The van der Waals surface area contributed by atoms with Crippen LogP contribution in [0, 0.1) is 0 Å². The number of amides is 1. The molecule has 0 unspecified atom stereocenters. The van der Waals surface area contributed by atoms with Crippen LogP contribution in [0.2, 0.25) is 0 Å². The molecule has 1 aromatic carbocycles. The maximum Gasteiger partial charge on any atom is 0.416 e. The van der Waals surface area contributed by atoms with Gasteiger partial charge in [-0.1, -0.05) is 25.5 Å². The summed E-state index contributed by atoms with van der Waals surface area (Å²) in [4.78, 5) is 11.8. The fraction of sp³-hybridized carbons (Fsp3) is 0.333. The molecule has 0 aliphatic carbocycles. The van der Waals surface area contributed by atoms with Crippen LogP contribution < -0.4 is 5.32 Å². The second kappa shape index (κ2) is 8.27. The molecular formula is C15H16F3N5O2. The minimum Gasteiger partial charge on any atom is -0.449 e. The van der Waals surface area contributed by atoms with Gasteiger partial charge in [0, 0.05) is 5.56 Å². The summed E-state index contributed by atoms with van der Waals surface area (Å²) in [6, 6.07) is 4.22. The monoisotopic (exact) mass is 355 g/mol. The van der Waals surface area contributed by atoms with Crippen LogP contribution >= 0.6 is 0 Å². The highest BCUT2D eigenvalue weighted by molar-refractivity contribution is 6.06. The largest absolute Gasteiger partial charge is 0.449 e. The molecule has 1 aromatic heterocycles. The number of hydrogen-bond donors (Lipinski definition) is 1. The normalized spacial score (nSPS) is 12.1. The molecule has 25 heavy (non-hydrogen) atoms. The van der Waals surface area contributed by atoms with Crippen molar-refractivity contribution in [2.24, 2.45) is 5.10 Å². The molecule has 0 saturated heterocycles. The zero-order chi connectivity index (χ0) is 18.3. The van der Waals surface area contributed by atoms with Crippen LogP contribution in [0.25, 0.3) is 0 Å². The molecule has 0 spiro atoms. The Bertz CT molecular complexity index is 712. The third kappa shape index (κ3) is 5.59. The van der Waals surface area contributed by atoms with E-state index in [1.807, 2.05) is 6.92 Å². The van der Waals surface area contributed by atoms with E-state index >= 15 is 0 Å². The molecule has 7 nitrogen and oxygen atoms in total. The van der Waals surface area contributed by atoms with Gasteiger partial charge in [-0.3, -0.25) is 5.32 Å². The number of unbranched alkanes of at least 4 members (excludes halogenated alkanes) is 1. The van der Waals surface area contributed by atoms with Crippen LogP contribution in [0.4, 0.5) is 18.0 Å². The lowest BCUT2D eigenvalue weighted by molar-refractivity contribution is -0.137. The molecule has 0 radical (unpaired) electrons. The Kier molecular flexibility index (Phi) is 6.09. The van der Waals surface area contributed by atoms with Gasteiger partial charge in [-0.15, -0.1) is 15.3 Å². The Morgan fingerprint density at radius 2 is 1.88 bits per heavy atom. The quantitative estimate of drug-likeness (QED) is 0.508. The van der Waals surface area contributed by atoms with Crippen molar-refractivity contribution in [2.45, 2.75) is 25.9 Å². The van der Waals surface area contributed by atoms with E-state index in [2.05, 4.69) is 20.6 Å². The average Bonchev–Trinajstić information content (AvgIpc) is 3.07. The number of rotatable bonds is 5. The van der Waals surface area contributed by atoms with Crippen LogP contribution in [-0.2, 0) is 10.9 Å². The number of benzene rings is 1. The Morgan fingerprint density at radius 3 is 2.44 bits per heavy atom. The standard InChI is InChI=1S/C15H16F3N5O2/c1-2-3-8-25-14(24)21-13(22-23-9-19-20-10-23)11-4-6-12(7-5-11)15(16,17)18/h4-7,9-10H,2-3,8H2,1H3,(H,21,22,24). The van der Waals surface area contributed by atoms with Crippen LogP contribution in [0.1, 0.15) is 30.9 Å². The Labute approximate surface area is 141 Å². The fourth-order valence-corrected chi connectivity index (χ4v) is 1.78. The molecular weight excluding hydrogens is 339 g/mol. The molecule has 2 rings (SSSR count). The van der Waals surface area contributed by atoms with Gasteiger partial charge in [-0.25, -0.2) is 9.47 Å². The molecule has 1 heterocycles. The van der Waals surface area contributed by atoms with Gasteiger partial charge in [-0.05, 0) is 18.6 Å². The molecule has 2 aromatic rings. The Hall–Kier alpha value is -2.91. The summed E-state index contributed by atoms with van der Waals surface area (Å²) in [5.41, 5.74) is -0.528. The number of hydrogen-bond acceptors (Lipinski definition) is 5. The molecule has 0 aliphatic rings. The van der Waals surface area contributed by atoms with Crippen LogP contribution in [0.15, 0.2) is 42.0 Å². The van der Waals surface area contributed by atoms with E-state index in [0.29, 0.717) is 6.42 Å². The van der Waals surface area contributed by atoms with E-state index in [-0.39, 0.29) is 18.0 Å². The number of alkyl carbamates (subject to hydrolysis) is 1. The zero-order valence-electron chi connectivity index (χ0n) is 13.3. The lowest BCUT2D eigenvalue weighted by atomic mass is 10.1. The molecule has 0 fully saturated rings. The van der Waals surface area contributed by atoms with Crippen molar-refractivity contribution in [2.75, 3.05) is 6.61 Å². The predicted molar refractivity (Wildman–Crippen MR) is 82.8 cm³/mol. The number of nitrogens with one attached hydrogen (secondary N) is 1. The van der Waals surface area contributed by atoms with E-state index in [0.717, 1.165) is 18.6 Å². The first-order valence-corrected chi connectivity index (χ1v) is 7.45. The zero-order valence-corrected chi connectivity index (χ0v) is 13.3. The maximum atomic E-state index is 12.7. The summed E-state index contributed by atoms with van der Waals surface area (Å²) in [6.45, 7) is 2.18. The second-order valence-electron chi connectivity index (χ2n) is 4.98. The van der Waals surface area contributed by atoms with Gasteiger partial charge in [0.2, 0.25) is 0 Å². The molecule has 0 saturated carbocycles. The number of alkyl halides is 3. The second-order valence-corrected chi connectivity index (χ2v) is 4.98. The molecule has 0 aliphatic heterocycles. The van der Waals surface area contributed by atoms with Crippen molar-refractivity contribution in [3.8, 4) is 0 Å². The van der Waals surface area contributed by atoms with Gasteiger partial charge in [0.15, 0.2) is 5.84 Å². The first kappa shape index (κ1) is 18.4. The van der Waals surface area contributed by atoms with E-state index in [9.17, 15) is 18.0 Å². The van der Waals surface area contributed by atoms with Gasteiger partial charge < -0.3 is 4.74 Å². The first-order valence-electron chi connectivity index (χ1n) is 7.45. The lowest BCUT2D eigenvalue weighted by Crippen LogP contribution is -2.32. The highest BCUT2D eigenvalue weighted by Crippen LogP contribution is 2.29. The summed E-state index contributed by atoms with van der Waals surface area (Å²) < 4.78 is 44.2. The van der Waals surface area contributed by atoms with Crippen molar-refractivity contribution in [1.82, 2.24) is 20.2 Å². The maximum absolute atomic E-state index is 12.7. The third-order valence-electron chi connectivity index (χ3n) is 3.06. The number of carbonyl (C=O) groups is 1. The van der Waals surface area contributed by atoms with Gasteiger partial charge in [0.1, 0.15) is 12.7 Å².